The first kappa shape index (κ1) is 14.3. The number of ketones is 1. The molecule has 22 heavy (non-hydrogen) atoms. The number of Topliss-reactive ketones (excluding diaryl/α,β-unsaturated/α-hetero) is 1. The van der Waals surface area contributed by atoms with Gasteiger partial charge in [0.15, 0.2) is 5.76 Å². The molecule has 0 aliphatic carbocycles. The molecule has 112 valence electrons. The Morgan fingerprint density at radius 3 is 2.77 bits per heavy atom. The van der Waals surface area contributed by atoms with E-state index in [-0.39, 0.29) is 23.0 Å². The summed E-state index contributed by atoms with van der Waals surface area (Å²) in [5, 5.41) is 0. The monoisotopic (exact) mass is 317 g/mol. The van der Waals surface area contributed by atoms with Gasteiger partial charge in [-0.25, -0.2) is 0 Å². The zero-order chi connectivity index (χ0) is 15.7. The van der Waals surface area contributed by atoms with Crippen molar-refractivity contribution in [2.45, 2.75) is 0 Å². The van der Waals surface area contributed by atoms with Crippen LogP contribution >= 0.6 is 0 Å². The lowest BCUT2D eigenvalue weighted by Crippen LogP contribution is -2.05. The fraction of sp³-hybridized carbons (Fsp3) is 0.0667. The Morgan fingerprint density at radius 2 is 2.09 bits per heavy atom. The van der Waals surface area contributed by atoms with E-state index >= 15 is 0 Å². The summed E-state index contributed by atoms with van der Waals surface area (Å²) < 4.78 is 32.5. The molecule has 0 saturated heterocycles. The second-order valence-electron chi connectivity index (χ2n) is 4.67. The molecule has 0 unspecified atom stereocenters. The number of carbonyl (C=O) groups excluding carboxylic acids is 1. The zero-order valence-electron chi connectivity index (χ0n) is 11.5. The van der Waals surface area contributed by atoms with Crippen molar-refractivity contribution < 1.29 is 22.1 Å². The van der Waals surface area contributed by atoms with Gasteiger partial charge in [-0.15, -0.1) is 0 Å². The number of nitrogens with zero attached hydrogens (tertiary/aromatic N) is 1. The van der Waals surface area contributed by atoms with Gasteiger partial charge in [0.1, 0.15) is 11.5 Å². The lowest BCUT2D eigenvalue weighted by atomic mass is 10.1. The number of allylic oxidation sites excluding steroid dienone is 1. The molecule has 1 aliphatic heterocycles. The second kappa shape index (κ2) is 5.27. The Bertz CT molecular complexity index is 872. The van der Waals surface area contributed by atoms with Gasteiger partial charge in [0.25, 0.3) is 0 Å². The van der Waals surface area contributed by atoms with E-state index in [9.17, 15) is 13.2 Å². The van der Waals surface area contributed by atoms with Crippen molar-refractivity contribution in [3.05, 3.63) is 59.6 Å². The number of fused-ring (bicyclic) bond motifs is 1. The lowest BCUT2D eigenvalue weighted by Gasteiger charge is -2.03. The minimum Gasteiger partial charge on any atom is -0.452 e. The Kier molecular flexibility index (Phi) is 3.42. The third-order valence-electron chi connectivity index (χ3n) is 2.87. The van der Waals surface area contributed by atoms with Crippen molar-refractivity contribution >= 4 is 22.0 Å². The van der Waals surface area contributed by atoms with Gasteiger partial charge in [-0.1, -0.05) is 6.07 Å². The maximum atomic E-state index is 12.2. The van der Waals surface area contributed by atoms with Crippen LogP contribution in [0.25, 0.3) is 6.08 Å². The van der Waals surface area contributed by atoms with Crippen molar-refractivity contribution in [2.24, 2.45) is 0 Å². The van der Waals surface area contributed by atoms with Crippen molar-refractivity contribution in [3.8, 4) is 11.5 Å². The Hall–Kier alpha value is -2.67. The topological polar surface area (TPSA) is 82.6 Å². The first-order chi connectivity index (χ1) is 10.4. The lowest BCUT2D eigenvalue weighted by molar-refractivity contribution is 0.101. The third kappa shape index (κ3) is 2.99. The molecule has 0 fully saturated rings. The summed E-state index contributed by atoms with van der Waals surface area (Å²) in [6.07, 6.45) is 5.75. The highest BCUT2D eigenvalue weighted by atomic mass is 32.2. The van der Waals surface area contributed by atoms with Gasteiger partial charge in [-0.3, -0.25) is 9.78 Å². The van der Waals surface area contributed by atoms with Gasteiger partial charge in [0.2, 0.25) is 5.78 Å². The molecule has 0 atom stereocenters. The molecule has 2 heterocycles. The van der Waals surface area contributed by atoms with Crippen LogP contribution in [0.4, 0.5) is 0 Å². The molecule has 0 radical (unpaired) electrons. The number of ether oxygens (including phenoxy) is 1. The number of hydrogen-bond donors (Lipinski definition) is 0. The molecule has 0 spiro atoms. The van der Waals surface area contributed by atoms with Gasteiger partial charge in [0, 0.05) is 18.5 Å². The smallest absolute Gasteiger partial charge is 0.306 e. The Labute approximate surface area is 127 Å². The van der Waals surface area contributed by atoms with E-state index in [4.69, 9.17) is 8.92 Å². The fourth-order valence-electron chi connectivity index (χ4n) is 2.01. The van der Waals surface area contributed by atoms with Crippen LogP contribution in [0.5, 0.6) is 11.5 Å². The third-order valence-corrected chi connectivity index (χ3v) is 3.37. The highest BCUT2D eigenvalue weighted by molar-refractivity contribution is 7.86. The van der Waals surface area contributed by atoms with E-state index in [1.807, 2.05) is 0 Å². The van der Waals surface area contributed by atoms with E-state index in [1.165, 1.54) is 18.2 Å². The normalized spacial score (nSPS) is 15.5. The first-order valence-corrected chi connectivity index (χ1v) is 8.12. The predicted molar refractivity (Wildman–Crippen MR) is 79.1 cm³/mol. The number of carbonyl (C=O) groups is 1. The number of aromatic nitrogens is 1. The maximum absolute atomic E-state index is 12.2. The summed E-state index contributed by atoms with van der Waals surface area (Å²) in [7, 11) is -3.63. The van der Waals surface area contributed by atoms with Crippen molar-refractivity contribution in [3.63, 3.8) is 0 Å². The summed E-state index contributed by atoms with van der Waals surface area (Å²) in [4.78, 5) is 16.2. The van der Waals surface area contributed by atoms with Gasteiger partial charge in [-0.2, -0.15) is 8.42 Å². The predicted octanol–water partition coefficient (Wildman–Crippen LogP) is 2.04. The van der Waals surface area contributed by atoms with Crippen LogP contribution in [-0.2, 0) is 10.1 Å². The van der Waals surface area contributed by atoms with Gasteiger partial charge in [-0.05, 0) is 29.8 Å². The van der Waals surface area contributed by atoms with Crippen LogP contribution in [0.15, 0.2) is 48.5 Å². The molecular formula is C15H11NO5S. The molecule has 3 rings (SSSR count). The average Bonchev–Trinajstić information content (AvgIpc) is 2.74. The molecule has 0 saturated carbocycles. The van der Waals surface area contributed by atoms with Crippen molar-refractivity contribution in [1.82, 2.24) is 4.98 Å². The minimum absolute atomic E-state index is 0.0941. The number of pyridine rings is 1. The van der Waals surface area contributed by atoms with E-state index in [0.717, 1.165) is 11.8 Å². The van der Waals surface area contributed by atoms with Crippen LogP contribution in [0.1, 0.15) is 15.9 Å². The molecular weight excluding hydrogens is 306 g/mol. The molecule has 1 aromatic heterocycles. The molecule has 0 bridgehead atoms. The molecule has 0 amide bonds. The maximum Gasteiger partial charge on any atom is 0.306 e. The summed E-state index contributed by atoms with van der Waals surface area (Å²) in [6, 6.07) is 7.80. The van der Waals surface area contributed by atoms with Crippen LogP contribution in [-0.4, -0.2) is 25.4 Å². The largest absolute Gasteiger partial charge is 0.452 e. The quantitative estimate of drug-likeness (QED) is 0.636. The van der Waals surface area contributed by atoms with E-state index in [1.54, 1.807) is 30.6 Å². The van der Waals surface area contributed by atoms with E-state index < -0.39 is 10.1 Å². The first-order valence-electron chi connectivity index (χ1n) is 6.30. The number of benzene rings is 1. The van der Waals surface area contributed by atoms with Crippen LogP contribution in [0.2, 0.25) is 0 Å². The van der Waals surface area contributed by atoms with Crippen LogP contribution < -0.4 is 8.92 Å². The molecule has 1 aliphatic rings. The highest BCUT2D eigenvalue weighted by Gasteiger charge is 2.28. The molecule has 0 N–H and O–H groups in total. The molecule has 2 aromatic rings. The van der Waals surface area contributed by atoms with Crippen LogP contribution in [0, 0.1) is 0 Å². The molecule has 1 aromatic carbocycles. The Morgan fingerprint density at radius 1 is 1.27 bits per heavy atom. The van der Waals surface area contributed by atoms with Crippen LogP contribution in [0.3, 0.4) is 0 Å². The summed E-state index contributed by atoms with van der Waals surface area (Å²) in [5.74, 6) is 0.238. The standard InChI is InChI=1S/C15H11NO5S/c1-22(18,19)21-11-4-5-12-13(8-11)20-14(15(12)17)7-10-3-2-6-16-9-10/h2-9H,1H3/b14-7+. The average molecular weight is 317 g/mol. The minimum atomic E-state index is -3.63. The van der Waals surface area contributed by atoms with Gasteiger partial charge in [0.05, 0.1) is 11.8 Å². The number of rotatable bonds is 3. The zero-order valence-corrected chi connectivity index (χ0v) is 12.3. The number of hydrogen-bond acceptors (Lipinski definition) is 6. The second-order valence-corrected chi connectivity index (χ2v) is 6.25. The van der Waals surface area contributed by atoms with Crippen molar-refractivity contribution in [1.29, 1.82) is 0 Å². The van der Waals surface area contributed by atoms with E-state index in [2.05, 4.69) is 4.98 Å². The Balaban J connectivity index is 1.92. The highest BCUT2D eigenvalue weighted by Crippen LogP contribution is 2.35. The van der Waals surface area contributed by atoms with Gasteiger partial charge >= 0.3 is 10.1 Å². The fourth-order valence-corrected chi connectivity index (χ4v) is 2.46. The summed E-state index contributed by atoms with van der Waals surface area (Å²) >= 11 is 0. The van der Waals surface area contributed by atoms with Crippen molar-refractivity contribution in [2.75, 3.05) is 6.26 Å². The molecule has 6 nitrogen and oxygen atoms in total. The summed E-state index contributed by atoms with van der Waals surface area (Å²) in [6.45, 7) is 0. The summed E-state index contributed by atoms with van der Waals surface area (Å²) in [5.41, 5.74) is 1.09. The SMILES string of the molecule is CS(=O)(=O)Oc1ccc2c(c1)O/C(=C/c1cccnc1)C2=O. The van der Waals surface area contributed by atoms with Gasteiger partial charge < -0.3 is 8.92 Å². The molecule has 7 heteroatoms. The van der Waals surface area contributed by atoms with E-state index in [0.29, 0.717) is 5.56 Å².